The van der Waals surface area contributed by atoms with E-state index >= 15 is 0 Å². The number of halogens is 1. The summed E-state index contributed by atoms with van der Waals surface area (Å²) >= 11 is 6.36. The van der Waals surface area contributed by atoms with Gasteiger partial charge in [0.2, 0.25) is 0 Å². The SMILES string of the molecule is Cc1cnc2ccc(C(=O)N=C(N)N)cc2c1-c1ccccc1Cl. The van der Waals surface area contributed by atoms with E-state index in [9.17, 15) is 4.79 Å². The minimum absolute atomic E-state index is 0.270. The van der Waals surface area contributed by atoms with Crippen LogP contribution in [0.25, 0.3) is 22.0 Å². The number of nitrogens with two attached hydrogens (primary N) is 2. The Balaban J connectivity index is 2.29. The molecule has 1 aromatic heterocycles. The predicted octanol–water partition coefficient (Wildman–Crippen LogP) is 3.28. The number of carbonyl (C=O) groups excluding carboxylic acids is 1. The highest BCUT2D eigenvalue weighted by Gasteiger charge is 2.14. The Labute approximate surface area is 144 Å². The molecule has 0 saturated heterocycles. The van der Waals surface area contributed by atoms with Crippen LogP contribution in [0, 0.1) is 6.92 Å². The molecule has 6 heteroatoms. The first-order chi connectivity index (χ1) is 11.5. The van der Waals surface area contributed by atoms with Crippen LogP contribution in [0.5, 0.6) is 0 Å². The minimum atomic E-state index is -0.497. The first kappa shape index (κ1) is 16.0. The van der Waals surface area contributed by atoms with Gasteiger partial charge in [-0.05, 0) is 42.3 Å². The summed E-state index contributed by atoms with van der Waals surface area (Å²) in [6.07, 6.45) is 1.79. The van der Waals surface area contributed by atoms with Gasteiger partial charge in [-0.25, -0.2) is 0 Å². The number of rotatable bonds is 2. The molecule has 3 aromatic rings. The zero-order chi connectivity index (χ0) is 17.3. The van der Waals surface area contributed by atoms with Gasteiger partial charge in [-0.2, -0.15) is 4.99 Å². The molecule has 0 aliphatic rings. The Hall–Kier alpha value is -2.92. The molecule has 120 valence electrons. The largest absolute Gasteiger partial charge is 0.370 e. The topological polar surface area (TPSA) is 94.4 Å². The van der Waals surface area contributed by atoms with Crippen molar-refractivity contribution >= 4 is 34.4 Å². The molecule has 0 aliphatic carbocycles. The van der Waals surface area contributed by atoms with Crippen LogP contribution in [-0.2, 0) is 0 Å². The summed E-state index contributed by atoms with van der Waals surface area (Å²) in [6.45, 7) is 1.95. The van der Waals surface area contributed by atoms with Gasteiger partial charge in [0.15, 0.2) is 5.96 Å². The van der Waals surface area contributed by atoms with Crippen molar-refractivity contribution in [2.45, 2.75) is 6.92 Å². The number of amides is 1. The average molecular weight is 339 g/mol. The number of hydrogen-bond acceptors (Lipinski definition) is 2. The number of benzene rings is 2. The summed E-state index contributed by atoms with van der Waals surface area (Å²) in [5.74, 6) is -0.766. The fourth-order valence-corrected chi connectivity index (χ4v) is 2.86. The monoisotopic (exact) mass is 338 g/mol. The second-order valence-corrected chi connectivity index (χ2v) is 5.78. The number of aryl methyl sites for hydroxylation is 1. The number of pyridine rings is 1. The number of carbonyl (C=O) groups is 1. The lowest BCUT2D eigenvalue weighted by Gasteiger charge is -2.12. The Kier molecular flexibility index (Phi) is 4.18. The predicted molar refractivity (Wildman–Crippen MR) is 97.1 cm³/mol. The van der Waals surface area contributed by atoms with Gasteiger partial charge in [0.05, 0.1) is 5.52 Å². The van der Waals surface area contributed by atoms with Gasteiger partial charge in [0.1, 0.15) is 0 Å². The Bertz CT molecular complexity index is 978. The number of nitrogens with zero attached hydrogens (tertiary/aromatic N) is 2. The van der Waals surface area contributed by atoms with Gasteiger partial charge in [-0.1, -0.05) is 29.8 Å². The van der Waals surface area contributed by atoms with Crippen LogP contribution in [0.3, 0.4) is 0 Å². The highest BCUT2D eigenvalue weighted by Crippen LogP contribution is 2.35. The lowest BCUT2D eigenvalue weighted by molar-refractivity contribution is 0.100. The fraction of sp³-hybridized carbons (Fsp3) is 0.0556. The second-order valence-electron chi connectivity index (χ2n) is 5.37. The van der Waals surface area contributed by atoms with Crippen LogP contribution >= 0.6 is 11.6 Å². The number of aliphatic imine (C=N–C) groups is 1. The quantitative estimate of drug-likeness (QED) is 0.553. The lowest BCUT2D eigenvalue weighted by atomic mass is 9.96. The molecule has 1 heterocycles. The van der Waals surface area contributed by atoms with E-state index < -0.39 is 5.91 Å². The Morgan fingerprint density at radius 1 is 1.17 bits per heavy atom. The van der Waals surface area contributed by atoms with E-state index in [2.05, 4.69) is 9.98 Å². The highest BCUT2D eigenvalue weighted by molar-refractivity contribution is 6.33. The maximum Gasteiger partial charge on any atom is 0.280 e. The third kappa shape index (κ3) is 2.94. The van der Waals surface area contributed by atoms with Crippen molar-refractivity contribution in [2.75, 3.05) is 0 Å². The van der Waals surface area contributed by atoms with Crippen molar-refractivity contribution in [3.63, 3.8) is 0 Å². The van der Waals surface area contributed by atoms with Crippen molar-refractivity contribution in [3.8, 4) is 11.1 Å². The number of hydrogen-bond donors (Lipinski definition) is 2. The van der Waals surface area contributed by atoms with Crippen LogP contribution in [0.4, 0.5) is 0 Å². The van der Waals surface area contributed by atoms with Crippen LogP contribution in [0.15, 0.2) is 53.7 Å². The molecule has 0 saturated carbocycles. The third-order valence-electron chi connectivity index (χ3n) is 3.68. The van der Waals surface area contributed by atoms with Gasteiger partial charge >= 0.3 is 0 Å². The maximum absolute atomic E-state index is 12.1. The molecular weight excluding hydrogens is 324 g/mol. The van der Waals surface area contributed by atoms with E-state index in [1.807, 2.05) is 31.2 Å². The molecule has 5 nitrogen and oxygen atoms in total. The van der Waals surface area contributed by atoms with Crippen LogP contribution in [-0.4, -0.2) is 16.9 Å². The minimum Gasteiger partial charge on any atom is -0.370 e. The number of fused-ring (bicyclic) bond motifs is 1. The summed E-state index contributed by atoms with van der Waals surface area (Å²) < 4.78 is 0. The summed E-state index contributed by atoms with van der Waals surface area (Å²) in [5, 5.41) is 1.45. The van der Waals surface area contributed by atoms with Gasteiger partial charge in [-0.3, -0.25) is 9.78 Å². The molecule has 2 aromatic carbocycles. The summed E-state index contributed by atoms with van der Waals surface area (Å²) in [5.41, 5.74) is 14.5. The van der Waals surface area contributed by atoms with E-state index in [1.54, 1.807) is 24.4 Å². The molecule has 0 bridgehead atoms. The second kappa shape index (κ2) is 6.29. The van der Waals surface area contributed by atoms with Crippen molar-refractivity contribution in [1.29, 1.82) is 0 Å². The van der Waals surface area contributed by atoms with Gasteiger partial charge < -0.3 is 11.5 Å². The van der Waals surface area contributed by atoms with E-state index in [4.69, 9.17) is 23.1 Å². The molecule has 3 rings (SSSR count). The van der Waals surface area contributed by atoms with E-state index in [0.29, 0.717) is 10.6 Å². The van der Waals surface area contributed by atoms with Crippen molar-refractivity contribution in [2.24, 2.45) is 16.5 Å². The van der Waals surface area contributed by atoms with E-state index in [0.717, 1.165) is 27.6 Å². The highest BCUT2D eigenvalue weighted by atomic mass is 35.5. The third-order valence-corrected chi connectivity index (χ3v) is 4.01. The number of guanidine groups is 1. The van der Waals surface area contributed by atoms with Gasteiger partial charge in [-0.15, -0.1) is 0 Å². The molecule has 4 N–H and O–H groups in total. The maximum atomic E-state index is 12.1. The standard InChI is InChI=1S/C18H15ClN4O/c1-10-9-22-15-7-6-11(17(24)23-18(20)21)8-13(15)16(10)12-4-2-3-5-14(12)19/h2-9H,1H3,(H4,20,21,23,24). The molecular formula is C18H15ClN4O. The van der Waals surface area contributed by atoms with Crippen LogP contribution < -0.4 is 11.5 Å². The van der Waals surface area contributed by atoms with Crippen molar-refractivity contribution < 1.29 is 4.79 Å². The molecule has 0 aliphatic heterocycles. The van der Waals surface area contributed by atoms with Crippen LogP contribution in [0.1, 0.15) is 15.9 Å². The van der Waals surface area contributed by atoms with Crippen molar-refractivity contribution in [1.82, 2.24) is 4.98 Å². The van der Waals surface area contributed by atoms with Gasteiger partial charge in [0.25, 0.3) is 5.91 Å². The molecule has 1 amide bonds. The van der Waals surface area contributed by atoms with E-state index in [1.165, 1.54) is 0 Å². The number of aromatic nitrogens is 1. The lowest BCUT2D eigenvalue weighted by Crippen LogP contribution is -2.24. The fourth-order valence-electron chi connectivity index (χ4n) is 2.63. The normalized spacial score (nSPS) is 10.6. The molecule has 24 heavy (non-hydrogen) atoms. The zero-order valence-electron chi connectivity index (χ0n) is 13.0. The summed E-state index contributed by atoms with van der Waals surface area (Å²) in [7, 11) is 0. The molecule has 0 atom stereocenters. The Morgan fingerprint density at radius 2 is 1.92 bits per heavy atom. The smallest absolute Gasteiger partial charge is 0.280 e. The average Bonchev–Trinajstić information content (AvgIpc) is 2.54. The van der Waals surface area contributed by atoms with Gasteiger partial charge in [0, 0.05) is 27.7 Å². The van der Waals surface area contributed by atoms with Crippen molar-refractivity contribution in [3.05, 3.63) is 64.8 Å². The molecule has 0 fully saturated rings. The Morgan fingerprint density at radius 3 is 2.62 bits per heavy atom. The first-order valence-corrected chi connectivity index (χ1v) is 7.63. The van der Waals surface area contributed by atoms with E-state index in [-0.39, 0.29) is 5.96 Å². The summed E-state index contributed by atoms with van der Waals surface area (Å²) in [6, 6.07) is 12.7. The summed E-state index contributed by atoms with van der Waals surface area (Å²) in [4.78, 5) is 20.1. The zero-order valence-corrected chi connectivity index (χ0v) is 13.7. The molecule has 0 spiro atoms. The first-order valence-electron chi connectivity index (χ1n) is 7.25. The van der Waals surface area contributed by atoms with Crippen LogP contribution in [0.2, 0.25) is 5.02 Å². The molecule has 0 radical (unpaired) electrons. The molecule has 0 unspecified atom stereocenters.